The van der Waals surface area contributed by atoms with Crippen LogP contribution in [0.2, 0.25) is 0 Å². The molecule has 0 spiro atoms. The fourth-order valence-electron chi connectivity index (χ4n) is 1.72. The summed E-state index contributed by atoms with van der Waals surface area (Å²) in [6.45, 7) is 10.4. The van der Waals surface area contributed by atoms with Crippen LogP contribution in [-0.2, 0) is 5.41 Å². The van der Waals surface area contributed by atoms with Crippen molar-refractivity contribution in [2.24, 2.45) is 0 Å². The molecule has 0 amide bonds. The molecule has 0 atom stereocenters. The Labute approximate surface area is 125 Å². The zero-order chi connectivity index (χ0) is 14.9. The summed E-state index contributed by atoms with van der Waals surface area (Å²) in [6.07, 6.45) is 0. The Morgan fingerprint density at radius 2 is 1.70 bits per heavy atom. The Morgan fingerprint density at radius 1 is 1.05 bits per heavy atom. The molecule has 1 aromatic heterocycles. The molecule has 0 saturated heterocycles. The molecule has 0 unspecified atom stereocenters. The van der Waals surface area contributed by atoms with Gasteiger partial charge in [0.2, 0.25) is 0 Å². The van der Waals surface area contributed by atoms with Crippen molar-refractivity contribution in [3.05, 3.63) is 41.2 Å². The summed E-state index contributed by atoms with van der Waals surface area (Å²) in [7, 11) is 0. The summed E-state index contributed by atoms with van der Waals surface area (Å²) in [5.74, 6) is 1.36. The third-order valence-corrected chi connectivity index (χ3v) is 4.38. The Kier molecular flexibility index (Phi) is 4.04. The van der Waals surface area contributed by atoms with Crippen LogP contribution in [0.15, 0.2) is 34.2 Å². The first-order chi connectivity index (χ1) is 9.29. The molecule has 0 radical (unpaired) electrons. The van der Waals surface area contributed by atoms with Gasteiger partial charge < -0.3 is 5.73 Å². The van der Waals surface area contributed by atoms with Gasteiger partial charge in [0.05, 0.1) is 0 Å². The van der Waals surface area contributed by atoms with Crippen molar-refractivity contribution in [2.75, 3.05) is 5.73 Å². The quantitative estimate of drug-likeness (QED) is 0.844. The van der Waals surface area contributed by atoms with Crippen molar-refractivity contribution < 1.29 is 0 Å². The van der Waals surface area contributed by atoms with Gasteiger partial charge in [0.25, 0.3) is 0 Å². The van der Waals surface area contributed by atoms with E-state index in [0.717, 1.165) is 16.4 Å². The molecule has 0 aliphatic rings. The highest BCUT2D eigenvalue weighted by atomic mass is 32.2. The van der Waals surface area contributed by atoms with Crippen molar-refractivity contribution in [3.8, 4) is 0 Å². The minimum atomic E-state index is -0.108. The first-order valence-electron chi connectivity index (χ1n) is 6.67. The maximum absolute atomic E-state index is 6.05. The van der Waals surface area contributed by atoms with E-state index in [9.17, 15) is 0 Å². The molecule has 0 aliphatic carbocycles. The molecule has 20 heavy (non-hydrogen) atoms. The SMILES string of the molecule is Cc1ccccc1Sc1nc(C(C)(C)C)nc(N)c1C. The maximum Gasteiger partial charge on any atom is 0.137 e. The lowest BCUT2D eigenvalue weighted by Crippen LogP contribution is -2.18. The summed E-state index contributed by atoms with van der Waals surface area (Å²) in [4.78, 5) is 10.3. The Hall–Kier alpha value is -1.55. The van der Waals surface area contributed by atoms with Gasteiger partial charge >= 0.3 is 0 Å². The molecule has 2 aromatic rings. The van der Waals surface area contributed by atoms with E-state index in [1.54, 1.807) is 11.8 Å². The Morgan fingerprint density at radius 3 is 2.30 bits per heavy atom. The van der Waals surface area contributed by atoms with Gasteiger partial charge in [-0.05, 0) is 25.5 Å². The van der Waals surface area contributed by atoms with Crippen LogP contribution in [0.3, 0.4) is 0 Å². The fourth-order valence-corrected chi connectivity index (χ4v) is 2.70. The van der Waals surface area contributed by atoms with Crippen molar-refractivity contribution in [3.63, 3.8) is 0 Å². The highest BCUT2D eigenvalue weighted by Gasteiger charge is 2.20. The number of anilines is 1. The molecule has 0 fully saturated rings. The lowest BCUT2D eigenvalue weighted by molar-refractivity contribution is 0.538. The molecule has 0 bridgehead atoms. The summed E-state index contributed by atoms with van der Waals surface area (Å²) in [5.41, 5.74) is 8.13. The number of hydrogen-bond donors (Lipinski definition) is 1. The van der Waals surface area contributed by atoms with Crippen LogP contribution in [0.25, 0.3) is 0 Å². The second kappa shape index (κ2) is 5.44. The Bertz CT molecular complexity index is 630. The van der Waals surface area contributed by atoms with Gasteiger partial charge in [0.1, 0.15) is 16.7 Å². The van der Waals surface area contributed by atoms with Crippen LogP contribution in [-0.4, -0.2) is 9.97 Å². The second-order valence-corrected chi connectivity index (χ2v) is 7.01. The molecule has 0 saturated carbocycles. The highest BCUT2D eigenvalue weighted by molar-refractivity contribution is 7.99. The molecule has 3 nitrogen and oxygen atoms in total. The average molecular weight is 287 g/mol. The topological polar surface area (TPSA) is 51.8 Å². The molecular formula is C16H21N3S. The summed E-state index contributed by atoms with van der Waals surface area (Å²) in [6, 6.07) is 8.29. The van der Waals surface area contributed by atoms with Crippen LogP contribution >= 0.6 is 11.8 Å². The predicted octanol–water partition coefficient (Wildman–Crippen LogP) is 4.12. The first kappa shape index (κ1) is 14.9. The largest absolute Gasteiger partial charge is 0.383 e. The lowest BCUT2D eigenvalue weighted by Gasteiger charge is -2.19. The number of nitrogens with two attached hydrogens (primary N) is 1. The molecular weight excluding hydrogens is 266 g/mol. The van der Waals surface area contributed by atoms with Crippen LogP contribution in [0.5, 0.6) is 0 Å². The van der Waals surface area contributed by atoms with E-state index < -0.39 is 0 Å². The zero-order valence-corrected chi connectivity index (χ0v) is 13.5. The number of hydrogen-bond acceptors (Lipinski definition) is 4. The molecule has 106 valence electrons. The van der Waals surface area contributed by atoms with E-state index in [1.165, 1.54) is 10.5 Å². The first-order valence-corrected chi connectivity index (χ1v) is 7.49. The number of benzene rings is 1. The van der Waals surface area contributed by atoms with Gasteiger partial charge in [-0.3, -0.25) is 0 Å². The number of rotatable bonds is 2. The average Bonchev–Trinajstić information content (AvgIpc) is 2.36. The summed E-state index contributed by atoms with van der Waals surface area (Å²) in [5, 5.41) is 0.941. The van der Waals surface area contributed by atoms with Gasteiger partial charge in [-0.25, -0.2) is 9.97 Å². The summed E-state index contributed by atoms with van der Waals surface area (Å²) >= 11 is 1.65. The van der Waals surface area contributed by atoms with E-state index >= 15 is 0 Å². The van der Waals surface area contributed by atoms with E-state index in [4.69, 9.17) is 10.7 Å². The summed E-state index contributed by atoms with van der Waals surface area (Å²) < 4.78 is 0. The van der Waals surface area contributed by atoms with Gasteiger partial charge in [-0.2, -0.15) is 0 Å². The van der Waals surface area contributed by atoms with E-state index in [0.29, 0.717) is 5.82 Å². The molecule has 1 heterocycles. The molecule has 2 rings (SSSR count). The third kappa shape index (κ3) is 3.12. The van der Waals surface area contributed by atoms with Gasteiger partial charge in [0, 0.05) is 15.9 Å². The zero-order valence-electron chi connectivity index (χ0n) is 12.7. The third-order valence-electron chi connectivity index (χ3n) is 3.11. The molecule has 1 aromatic carbocycles. The lowest BCUT2D eigenvalue weighted by atomic mass is 9.95. The number of nitrogen functional groups attached to an aromatic ring is 1. The van der Waals surface area contributed by atoms with E-state index in [-0.39, 0.29) is 5.41 Å². The number of nitrogens with zero attached hydrogens (tertiary/aromatic N) is 2. The van der Waals surface area contributed by atoms with E-state index in [1.807, 2.05) is 19.1 Å². The van der Waals surface area contributed by atoms with Crippen molar-refractivity contribution >= 4 is 17.6 Å². The van der Waals surface area contributed by atoms with Crippen LogP contribution in [0.1, 0.15) is 37.7 Å². The van der Waals surface area contributed by atoms with Gasteiger partial charge in [0.15, 0.2) is 0 Å². The van der Waals surface area contributed by atoms with Crippen LogP contribution in [0.4, 0.5) is 5.82 Å². The monoisotopic (exact) mass is 287 g/mol. The predicted molar refractivity (Wildman–Crippen MR) is 85.2 cm³/mol. The smallest absolute Gasteiger partial charge is 0.137 e. The minimum Gasteiger partial charge on any atom is -0.383 e. The maximum atomic E-state index is 6.05. The Balaban J connectivity index is 2.46. The van der Waals surface area contributed by atoms with Crippen molar-refractivity contribution in [1.29, 1.82) is 0 Å². The van der Waals surface area contributed by atoms with Crippen molar-refractivity contribution in [2.45, 2.75) is 50.0 Å². The van der Waals surface area contributed by atoms with Crippen molar-refractivity contribution in [1.82, 2.24) is 9.97 Å². The van der Waals surface area contributed by atoms with Gasteiger partial charge in [-0.1, -0.05) is 50.7 Å². The molecule has 4 heteroatoms. The van der Waals surface area contributed by atoms with Crippen LogP contribution in [0, 0.1) is 13.8 Å². The highest BCUT2D eigenvalue weighted by Crippen LogP contribution is 2.34. The van der Waals surface area contributed by atoms with E-state index in [2.05, 4.69) is 44.8 Å². The van der Waals surface area contributed by atoms with Crippen LogP contribution < -0.4 is 5.73 Å². The number of aromatic nitrogens is 2. The standard InChI is InChI=1S/C16H21N3S/c1-10-8-6-7-9-12(10)20-14-11(2)13(17)18-15(19-14)16(3,4)5/h6-9H,1-5H3,(H2,17,18,19). The molecule has 0 aliphatic heterocycles. The van der Waals surface area contributed by atoms with Gasteiger partial charge in [-0.15, -0.1) is 0 Å². The number of aryl methyl sites for hydroxylation is 1. The minimum absolute atomic E-state index is 0.108. The normalized spacial score (nSPS) is 11.7. The molecule has 2 N–H and O–H groups in total. The second-order valence-electron chi connectivity index (χ2n) is 5.98. The fraction of sp³-hybridized carbons (Fsp3) is 0.375.